The maximum absolute atomic E-state index is 13.0. The number of carbonyl (C=O) groups is 2. The number of Topliss-reactive ketones (excluding diaryl/α,β-unsaturated/α-hetero) is 1. The number of methoxy groups -OCH3 is 1. The Balaban J connectivity index is 3.31. The van der Waals surface area contributed by atoms with Gasteiger partial charge in [0.05, 0.1) is 7.11 Å². The summed E-state index contributed by atoms with van der Waals surface area (Å²) in [5.41, 5.74) is -1.25. The van der Waals surface area contributed by atoms with Crippen LogP contribution >= 0.6 is 0 Å². The topological polar surface area (TPSA) is 43.4 Å². The normalized spacial score (nSPS) is 9.87. The fraction of sp³-hybridized carbons (Fsp3) is 0.111. The van der Waals surface area contributed by atoms with Crippen molar-refractivity contribution >= 4 is 11.8 Å². The van der Waals surface area contributed by atoms with E-state index in [1.807, 2.05) is 0 Å². The first-order valence-corrected chi connectivity index (χ1v) is 3.75. The molecule has 0 saturated carbocycles. The summed E-state index contributed by atoms with van der Waals surface area (Å²) < 4.78 is 42.5. The summed E-state index contributed by atoms with van der Waals surface area (Å²) in [6.07, 6.45) is 0. The van der Waals surface area contributed by atoms with Crippen LogP contribution in [0.3, 0.4) is 0 Å². The molecule has 0 aromatic heterocycles. The lowest BCUT2D eigenvalue weighted by atomic mass is 10.1. The van der Waals surface area contributed by atoms with Gasteiger partial charge in [-0.2, -0.15) is 0 Å². The number of hydrogen-bond donors (Lipinski definition) is 0. The minimum Gasteiger partial charge on any atom is -0.463 e. The third-order valence-electron chi connectivity index (χ3n) is 1.64. The van der Waals surface area contributed by atoms with Crippen LogP contribution in [0.25, 0.3) is 0 Å². The third kappa shape index (κ3) is 1.98. The Bertz CT molecular complexity index is 429. The minimum atomic E-state index is -1.70. The quantitative estimate of drug-likeness (QED) is 0.326. The number of benzene rings is 1. The van der Waals surface area contributed by atoms with Crippen LogP contribution in [-0.4, -0.2) is 18.9 Å². The zero-order chi connectivity index (χ0) is 11.6. The van der Waals surface area contributed by atoms with Crippen LogP contribution in [0, 0.1) is 17.5 Å². The van der Waals surface area contributed by atoms with Gasteiger partial charge in [0.2, 0.25) is 0 Å². The van der Waals surface area contributed by atoms with Crippen molar-refractivity contribution < 1.29 is 27.5 Å². The maximum atomic E-state index is 13.0. The van der Waals surface area contributed by atoms with Gasteiger partial charge in [-0.05, 0) is 12.1 Å². The van der Waals surface area contributed by atoms with Crippen LogP contribution in [0.4, 0.5) is 13.2 Å². The number of ether oxygens (including phenoxy) is 1. The number of carbonyl (C=O) groups excluding carboxylic acids is 2. The molecular weight excluding hydrogens is 213 g/mol. The van der Waals surface area contributed by atoms with Crippen molar-refractivity contribution in [3.05, 3.63) is 35.1 Å². The Morgan fingerprint density at radius 3 is 2.20 bits per heavy atom. The van der Waals surface area contributed by atoms with E-state index < -0.39 is 34.8 Å². The van der Waals surface area contributed by atoms with Crippen LogP contribution in [0.5, 0.6) is 0 Å². The molecule has 0 saturated heterocycles. The highest BCUT2D eigenvalue weighted by Crippen LogP contribution is 2.16. The summed E-state index contributed by atoms with van der Waals surface area (Å²) in [5, 5.41) is 0. The lowest BCUT2D eigenvalue weighted by Gasteiger charge is -2.02. The monoisotopic (exact) mass is 218 g/mol. The average Bonchev–Trinajstić information content (AvgIpc) is 2.22. The van der Waals surface area contributed by atoms with Crippen molar-refractivity contribution in [2.24, 2.45) is 0 Å². The molecule has 3 nitrogen and oxygen atoms in total. The van der Waals surface area contributed by atoms with Gasteiger partial charge < -0.3 is 4.74 Å². The number of rotatable bonds is 2. The Hall–Kier alpha value is -1.85. The molecule has 0 fully saturated rings. The predicted molar refractivity (Wildman–Crippen MR) is 42.7 cm³/mol. The summed E-state index contributed by atoms with van der Waals surface area (Å²) in [7, 11) is 0.870. The lowest BCUT2D eigenvalue weighted by Crippen LogP contribution is -2.19. The molecule has 0 heterocycles. The fourth-order valence-electron chi connectivity index (χ4n) is 0.930. The summed E-state index contributed by atoms with van der Waals surface area (Å²) >= 11 is 0. The van der Waals surface area contributed by atoms with E-state index >= 15 is 0 Å². The van der Waals surface area contributed by atoms with Crippen molar-refractivity contribution in [1.29, 1.82) is 0 Å². The maximum Gasteiger partial charge on any atom is 0.379 e. The van der Waals surface area contributed by atoms with Gasteiger partial charge in [-0.1, -0.05) is 0 Å². The molecule has 0 aliphatic rings. The van der Waals surface area contributed by atoms with Crippen molar-refractivity contribution in [3.63, 3.8) is 0 Å². The summed E-state index contributed by atoms with van der Waals surface area (Å²) in [4.78, 5) is 21.7. The summed E-state index contributed by atoms with van der Waals surface area (Å²) in [5.74, 6) is -7.45. The molecule has 80 valence electrons. The van der Waals surface area contributed by atoms with E-state index in [4.69, 9.17) is 0 Å². The molecule has 0 N–H and O–H groups in total. The first-order valence-electron chi connectivity index (χ1n) is 3.75. The van der Waals surface area contributed by atoms with Crippen molar-refractivity contribution in [2.75, 3.05) is 7.11 Å². The molecule has 0 bridgehead atoms. The molecule has 0 spiro atoms. The SMILES string of the molecule is COC(=O)C(=O)c1c(F)ccc(F)c1F. The van der Waals surface area contributed by atoms with Crippen molar-refractivity contribution in [2.45, 2.75) is 0 Å². The van der Waals surface area contributed by atoms with Crippen LogP contribution in [0.15, 0.2) is 12.1 Å². The molecule has 1 rings (SSSR count). The first kappa shape index (κ1) is 11.2. The summed E-state index contributed by atoms with van der Waals surface area (Å²) in [6, 6.07) is 1.06. The minimum absolute atomic E-state index is 0.513. The Morgan fingerprint density at radius 1 is 1.13 bits per heavy atom. The van der Waals surface area contributed by atoms with E-state index in [9.17, 15) is 22.8 Å². The highest BCUT2D eigenvalue weighted by atomic mass is 19.2. The molecule has 0 aliphatic heterocycles. The molecule has 0 unspecified atom stereocenters. The van der Waals surface area contributed by atoms with Crippen LogP contribution < -0.4 is 0 Å². The fourth-order valence-corrected chi connectivity index (χ4v) is 0.930. The highest BCUT2D eigenvalue weighted by molar-refractivity contribution is 6.40. The van der Waals surface area contributed by atoms with Gasteiger partial charge in [-0.3, -0.25) is 4.79 Å². The van der Waals surface area contributed by atoms with E-state index in [1.165, 1.54) is 0 Å². The smallest absolute Gasteiger partial charge is 0.379 e. The van der Waals surface area contributed by atoms with E-state index in [1.54, 1.807) is 0 Å². The van der Waals surface area contributed by atoms with Gasteiger partial charge in [0.15, 0.2) is 11.6 Å². The lowest BCUT2D eigenvalue weighted by molar-refractivity contribution is -0.135. The standard InChI is InChI=1S/C9H5F3O3/c1-15-9(14)8(13)6-4(10)2-3-5(11)7(6)12/h2-3H,1H3. The second kappa shape index (κ2) is 4.12. The molecule has 1 aromatic carbocycles. The van der Waals surface area contributed by atoms with Crippen LogP contribution in [0.2, 0.25) is 0 Å². The number of ketones is 1. The van der Waals surface area contributed by atoms with E-state index in [0.29, 0.717) is 12.1 Å². The van der Waals surface area contributed by atoms with Crippen LogP contribution in [-0.2, 0) is 9.53 Å². The predicted octanol–water partition coefficient (Wildman–Crippen LogP) is 1.46. The first-order chi connectivity index (χ1) is 6.99. The van der Waals surface area contributed by atoms with E-state index in [-0.39, 0.29) is 0 Å². The molecule has 15 heavy (non-hydrogen) atoms. The van der Waals surface area contributed by atoms with Gasteiger partial charge in [-0.25, -0.2) is 18.0 Å². The molecule has 6 heteroatoms. The molecule has 0 atom stereocenters. The number of hydrogen-bond acceptors (Lipinski definition) is 3. The molecule has 0 aliphatic carbocycles. The second-order valence-electron chi connectivity index (χ2n) is 2.54. The number of esters is 1. The second-order valence-corrected chi connectivity index (χ2v) is 2.54. The Morgan fingerprint density at radius 2 is 1.67 bits per heavy atom. The van der Waals surface area contributed by atoms with Crippen molar-refractivity contribution in [1.82, 2.24) is 0 Å². The van der Waals surface area contributed by atoms with Gasteiger partial charge in [0.25, 0.3) is 5.78 Å². The van der Waals surface area contributed by atoms with Gasteiger partial charge in [0, 0.05) is 0 Å². The van der Waals surface area contributed by atoms with Gasteiger partial charge >= 0.3 is 5.97 Å². The largest absolute Gasteiger partial charge is 0.463 e. The highest BCUT2D eigenvalue weighted by Gasteiger charge is 2.26. The van der Waals surface area contributed by atoms with Crippen LogP contribution in [0.1, 0.15) is 10.4 Å². The molecule has 0 amide bonds. The Kier molecular flexibility index (Phi) is 3.08. The zero-order valence-electron chi connectivity index (χ0n) is 7.51. The van der Waals surface area contributed by atoms with Gasteiger partial charge in [0.1, 0.15) is 11.4 Å². The van der Waals surface area contributed by atoms with Gasteiger partial charge in [-0.15, -0.1) is 0 Å². The Labute approximate surface area is 82.5 Å². The molecule has 1 aromatic rings. The third-order valence-corrected chi connectivity index (χ3v) is 1.64. The van der Waals surface area contributed by atoms with E-state index in [2.05, 4.69) is 4.74 Å². The average molecular weight is 218 g/mol. The molecular formula is C9H5F3O3. The summed E-state index contributed by atoms with van der Waals surface area (Å²) in [6.45, 7) is 0. The van der Waals surface area contributed by atoms with E-state index in [0.717, 1.165) is 7.11 Å². The molecule has 0 radical (unpaired) electrons. The van der Waals surface area contributed by atoms with Crippen molar-refractivity contribution in [3.8, 4) is 0 Å². The zero-order valence-corrected chi connectivity index (χ0v) is 7.51. The number of halogens is 3.